The third-order valence-electron chi connectivity index (χ3n) is 4.05. The van der Waals surface area contributed by atoms with Crippen LogP contribution in [0.3, 0.4) is 0 Å². The van der Waals surface area contributed by atoms with Crippen LogP contribution < -0.4 is 5.73 Å². The van der Waals surface area contributed by atoms with Gasteiger partial charge in [-0.3, -0.25) is 4.79 Å². The Bertz CT molecular complexity index is 261. The number of rotatable bonds is 3. The van der Waals surface area contributed by atoms with E-state index in [2.05, 4.69) is 16.7 Å². The topological polar surface area (TPSA) is 49.6 Å². The maximum Gasteiger partial charge on any atom is 0.239 e. The number of nitrogens with two attached hydrogens (primary N) is 1. The van der Waals surface area contributed by atoms with Crippen LogP contribution in [-0.2, 0) is 4.79 Å². The Hall–Kier alpha value is -0.610. The normalized spacial score (nSPS) is 28.7. The zero-order chi connectivity index (χ0) is 12.3. The molecular weight excluding hydrogens is 214 g/mol. The highest BCUT2D eigenvalue weighted by atomic mass is 16.2. The molecule has 0 bridgehead atoms. The number of hydrogen-bond donors (Lipinski definition) is 1. The molecule has 2 N–H and O–H groups in total. The molecule has 0 saturated carbocycles. The molecule has 2 aliphatic heterocycles. The lowest BCUT2D eigenvalue weighted by Gasteiger charge is -2.41. The van der Waals surface area contributed by atoms with E-state index < -0.39 is 0 Å². The summed E-state index contributed by atoms with van der Waals surface area (Å²) in [6.07, 6.45) is 5.40. The van der Waals surface area contributed by atoms with Gasteiger partial charge in [0.2, 0.25) is 5.91 Å². The van der Waals surface area contributed by atoms with Gasteiger partial charge in [0.05, 0.1) is 6.04 Å². The SMILES string of the molecule is CCCN1CCC(N2CCCC(N)C2=O)CC1. The second kappa shape index (κ2) is 5.83. The first kappa shape index (κ1) is 12.8. The van der Waals surface area contributed by atoms with E-state index in [0.717, 1.165) is 45.3 Å². The molecule has 0 radical (unpaired) electrons. The van der Waals surface area contributed by atoms with Gasteiger partial charge in [-0.05, 0) is 38.6 Å². The van der Waals surface area contributed by atoms with Crippen LogP contribution in [0.15, 0.2) is 0 Å². The number of hydrogen-bond acceptors (Lipinski definition) is 3. The molecular formula is C13H25N3O. The van der Waals surface area contributed by atoms with E-state index >= 15 is 0 Å². The summed E-state index contributed by atoms with van der Waals surface area (Å²) < 4.78 is 0. The molecule has 2 rings (SSSR count). The highest BCUT2D eigenvalue weighted by molar-refractivity contribution is 5.82. The summed E-state index contributed by atoms with van der Waals surface area (Å²) in [6, 6.07) is 0.208. The van der Waals surface area contributed by atoms with Crippen molar-refractivity contribution in [3.8, 4) is 0 Å². The molecule has 98 valence electrons. The molecule has 0 aliphatic carbocycles. The van der Waals surface area contributed by atoms with Gasteiger partial charge in [-0.2, -0.15) is 0 Å². The predicted molar refractivity (Wildman–Crippen MR) is 68.7 cm³/mol. The zero-order valence-electron chi connectivity index (χ0n) is 10.9. The molecule has 0 aromatic carbocycles. The van der Waals surface area contributed by atoms with E-state index in [-0.39, 0.29) is 11.9 Å². The molecule has 2 saturated heterocycles. The van der Waals surface area contributed by atoms with E-state index in [1.54, 1.807) is 0 Å². The molecule has 1 atom stereocenters. The van der Waals surface area contributed by atoms with Crippen molar-refractivity contribution in [2.45, 2.75) is 51.1 Å². The Labute approximate surface area is 104 Å². The molecule has 2 aliphatic rings. The second-order valence-corrected chi connectivity index (χ2v) is 5.35. The third kappa shape index (κ3) is 2.99. The molecule has 4 heteroatoms. The van der Waals surface area contributed by atoms with E-state index in [9.17, 15) is 4.79 Å². The van der Waals surface area contributed by atoms with E-state index in [4.69, 9.17) is 5.73 Å². The van der Waals surface area contributed by atoms with Gasteiger partial charge in [0.15, 0.2) is 0 Å². The third-order valence-corrected chi connectivity index (χ3v) is 4.05. The van der Waals surface area contributed by atoms with Crippen LogP contribution in [0.1, 0.15) is 39.0 Å². The van der Waals surface area contributed by atoms with Crippen LogP contribution in [0, 0.1) is 0 Å². The van der Waals surface area contributed by atoms with E-state index in [0.29, 0.717) is 6.04 Å². The molecule has 0 aromatic rings. The van der Waals surface area contributed by atoms with Crippen LogP contribution >= 0.6 is 0 Å². The van der Waals surface area contributed by atoms with Crippen molar-refractivity contribution in [3.63, 3.8) is 0 Å². The minimum Gasteiger partial charge on any atom is -0.338 e. The average molecular weight is 239 g/mol. The fourth-order valence-electron chi connectivity index (χ4n) is 3.06. The minimum absolute atomic E-state index is 0.185. The Morgan fingerprint density at radius 3 is 2.59 bits per heavy atom. The standard InChI is InChI=1S/C13H25N3O/c1-2-7-15-9-5-11(6-10-15)16-8-3-4-12(14)13(16)17/h11-12H,2-10,14H2,1H3. The maximum atomic E-state index is 12.0. The molecule has 0 spiro atoms. The predicted octanol–water partition coefficient (Wildman–Crippen LogP) is 0.811. The monoisotopic (exact) mass is 239 g/mol. The largest absolute Gasteiger partial charge is 0.338 e. The summed E-state index contributed by atoms with van der Waals surface area (Å²) >= 11 is 0. The molecule has 2 heterocycles. The summed E-state index contributed by atoms with van der Waals surface area (Å²) in [5.74, 6) is 0.185. The fourth-order valence-corrected chi connectivity index (χ4v) is 3.06. The van der Waals surface area contributed by atoms with Crippen molar-refractivity contribution in [1.29, 1.82) is 0 Å². The molecule has 1 unspecified atom stereocenters. The van der Waals surface area contributed by atoms with E-state index in [1.165, 1.54) is 13.0 Å². The fraction of sp³-hybridized carbons (Fsp3) is 0.923. The van der Waals surface area contributed by atoms with Gasteiger partial charge in [-0.25, -0.2) is 0 Å². The lowest BCUT2D eigenvalue weighted by atomic mass is 9.97. The number of amides is 1. The van der Waals surface area contributed by atoms with Gasteiger partial charge in [0, 0.05) is 25.7 Å². The lowest BCUT2D eigenvalue weighted by Crippen LogP contribution is -2.55. The molecule has 1 amide bonds. The Morgan fingerprint density at radius 1 is 1.24 bits per heavy atom. The molecule has 4 nitrogen and oxygen atoms in total. The average Bonchev–Trinajstić information content (AvgIpc) is 2.34. The van der Waals surface area contributed by atoms with Crippen molar-refractivity contribution in [1.82, 2.24) is 9.80 Å². The van der Waals surface area contributed by atoms with Gasteiger partial charge in [-0.15, -0.1) is 0 Å². The summed E-state index contributed by atoms with van der Waals surface area (Å²) in [7, 11) is 0. The zero-order valence-corrected chi connectivity index (χ0v) is 10.9. The first-order chi connectivity index (χ1) is 8.22. The van der Waals surface area contributed by atoms with Crippen LogP contribution in [0.4, 0.5) is 0 Å². The summed E-state index contributed by atoms with van der Waals surface area (Å²) in [5, 5.41) is 0. The molecule has 17 heavy (non-hydrogen) atoms. The quantitative estimate of drug-likeness (QED) is 0.793. The van der Waals surface area contributed by atoms with Gasteiger partial charge < -0.3 is 15.5 Å². The van der Waals surface area contributed by atoms with Crippen LogP contribution in [0.5, 0.6) is 0 Å². The summed E-state index contributed by atoms with van der Waals surface area (Å²) in [6.45, 7) is 6.61. The molecule has 2 fully saturated rings. The maximum absolute atomic E-state index is 12.0. The molecule has 0 aromatic heterocycles. The van der Waals surface area contributed by atoms with Crippen LogP contribution in [0.25, 0.3) is 0 Å². The Morgan fingerprint density at radius 2 is 1.94 bits per heavy atom. The number of piperidine rings is 2. The van der Waals surface area contributed by atoms with Crippen LogP contribution in [0.2, 0.25) is 0 Å². The number of likely N-dealkylation sites (tertiary alicyclic amines) is 2. The van der Waals surface area contributed by atoms with Gasteiger partial charge in [0.25, 0.3) is 0 Å². The first-order valence-electron chi connectivity index (χ1n) is 7.00. The smallest absolute Gasteiger partial charge is 0.239 e. The van der Waals surface area contributed by atoms with Gasteiger partial charge >= 0.3 is 0 Å². The first-order valence-corrected chi connectivity index (χ1v) is 7.00. The van der Waals surface area contributed by atoms with Crippen molar-refractivity contribution in [2.75, 3.05) is 26.2 Å². The van der Waals surface area contributed by atoms with Crippen molar-refractivity contribution in [3.05, 3.63) is 0 Å². The van der Waals surface area contributed by atoms with Crippen LogP contribution in [-0.4, -0.2) is 54.0 Å². The number of nitrogens with zero attached hydrogens (tertiary/aromatic N) is 2. The van der Waals surface area contributed by atoms with Gasteiger partial charge in [-0.1, -0.05) is 6.92 Å². The van der Waals surface area contributed by atoms with Gasteiger partial charge in [0.1, 0.15) is 0 Å². The van der Waals surface area contributed by atoms with Crippen molar-refractivity contribution in [2.24, 2.45) is 5.73 Å². The number of carbonyl (C=O) groups is 1. The Balaban J connectivity index is 1.85. The van der Waals surface area contributed by atoms with Crippen molar-refractivity contribution < 1.29 is 4.79 Å². The van der Waals surface area contributed by atoms with E-state index in [1.807, 2.05) is 0 Å². The summed E-state index contributed by atoms with van der Waals surface area (Å²) in [5.41, 5.74) is 5.85. The Kier molecular flexibility index (Phi) is 4.40. The lowest BCUT2D eigenvalue weighted by molar-refractivity contribution is -0.138. The number of carbonyl (C=O) groups excluding carboxylic acids is 1. The minimum atomic E-state index is -0.238. The second-order valence-electron chi connectivity index (χ2n) is 5.35. The highest BCUT2D eigenvalue weighted by Crippen LogP contribution is 2.21. The summed E-state index contributed by atoms with van der Waals surface area (Å²) in [4.78, 5) is 16.6. The van der Waals surface area contributed by atoms with Crippen molar-refractivity contribution >= 4 is 5.91 Å². The highest BCUT2D eigenvalue weighted by Gasteiger charge is 2.32.